The van der Waals surface area contributed by atoms with Gasteiger partial charge in [-0.05, 0) is 60.7 Å². The van der Waals surface area contributed by atoms with Crippen LogP contribution in [0.25, 0.3) is 10.9 Å². The second-order valence-electron chi connectivity index (χ2n) is 9.11. The van der Waals surface area contributed by atoms with E-state index in [0.717, 1.165) is 17.7 Å². The van der Waals surface area contributed by atoms with Gasteiger partial charge in [0, 0.05) is 10.9 Å². The highest BCUT2D eigenvalue weighted by Crippen LogP contribution is 2.27. The van der Waals surface area contributed by atoms with Crippen molar-refractivity contribution >= 4 is 32.5 Å². The number of nitrogens with zero attached hydrogens (tertiary/aromatic N) is 1. The number of halogens is 1. The van der Waals surface area contributed by atoms with Crippen LogP contribution in [0, 0.1) is 12.7 Å². The molecule has 0 fully saturated rings. The highest BCUT2D eigenvalue weighted by atomic mass is 32.2. The van der Waals surface area contributed by atoms with Gasteiger partial charge in [-0.15, -0.1) is 0 Å². The molecule has 0 bridgehead atoms. The maximum Gasteiger partial charge on any atom is 0.270 e. The van der Waals surface area contributed by atoms with Crippen molar-refractivity contribution in [2.24, 2.45) is 0 Å². The van der Waals surface area contributed by atoms with Crippen LogP contribution in [-0.4, -0.2) is 25.6 Å². The number of hydrogen-bond acceptors (Lipinski definition) is 4. The molecule has 0 aliphatic carbocycles. The van der Waals surface area contributed by atoms with E-state index in [4.69, 9.17) is 0 Å². The van der Waals surface area contributed by atoms with Gasteiger partial charge in [0.2, 0.25) is 10.0 Å². The highest BCUT2D eigenvalue weighted by molar-refractivity contribution is 7.92. The number of benzene rings is 2. The fourth-order valence-corrected chi connectivity index (χ4v) is 4.03. The maximum absolute atomic E-state index is 14.6. The van der Waals surface area contributed by atoms with Gasteiger partial charge in [-0.3, -0.25) is 9.52 Å². The average Bonchev–Trinajstić information content (AvgIpc) is 2.67. The van der Waals surface area contributed by atoms with E-state index in [1.54, 1.807) is 19.9 Å². The predicted molar refractivity (Wildman–Crippen MR) is 126 cm³/mol. The zero-order valence-corrected chi connectivity index (χ0v) is 19.9. The van der Waals surface area contributed by atoms with E-state index in [2.05, 4.69) is 41.9 Å². The van der Waals surface area contributed by atoms with Gasteiger partial charge in [0.25, 0.3) is 5.91 Å². The summed E-state index contributed by atoms with van der Waals surface area (Å²) in [6, 6.07) is 11.5. The second-order valence-corrected chi connectivity index (χ2v) is 10.9. The predicted octanol–water partition coefficient (Wildman–Crippen LogP) is 4.84. The number of carbonyl (C=O) groups is 1. The molecule has 1 heterocycles. The Labute approximate surface area is 188 Å². The molecule has 1 amide bonds. The standard InChI is InChI=1S/C24H28FN3O3S/c1-14-11-18(19(25)13-22(14)28-32(6,30)31)15(2)26-23(29)21-9-7-16-12-17(24(3,4)5)8-10-20(16)27-21/h7-13,15,28H,1-6H3,(H,26,29). The maximum atomic E-state index is 14.6. The van der Waals surface area contributed by atoms with Crippen LogP contribution in [0.2, 0.25) is 0 Å². The topological polar surface area (TPSA) is 88.2 Å². The summed E-state index contributed by atoms with van der Waals surface area (Å²) in [5, 5.41) is 3.71. The molecule has 0 spiro atoms. The van der Waals surface area contributed by atoms with E-state index >= 15 is 0 Å². The number of hydrogen-bond donors (Lipinski definition) is 2. The molecule has 32 heavy (non-hydrogen) atoms. The van der Waals surface area contributed by atoms with Gasteiger partial charge in [-0.2, -0.15) is 0 Å². The first-order chi connectivity index (χ1) is 14.7. The molecule has 6 nitrogen and oxygen atoms in total. The minimum absolute atomic E-state index is 0.00819. The molecule has 170 valence electrons. The molecule has 0 saturated carbocycles. The Bertz CT molecular complexity index is 1300. The number of carbonyl (C=O) groups excluding carboxylic acids is 1. The number of fused-ring (bicyclic) bond motifs is 1. The van der Waals surface area contributed by atoms with Crippen molar-refractivity contribution in [2.75, 3.05) is 11.0 Å². The summed E-state index contributed by atoms with van der Waals surface area (Å²) in [6.07, 6.45) is 1.00. The number of pyridine rings is 1. The third-order valence-corrected chi connectivity index (χ3v) is 5.83. The largest absolute Gasteiger partial charge is 0.344 e. The first-order valence-electron chi connectivity index (χ1n) is 10.2. The summed E-state index contributed by atoms with van der Waals surface area (Å²) in [5.74, 6) is -1.04. The van der Waals surface area contributed by atoms with E-state index in [-0.39, 0.29) is 22.4 Å². The van der Waals surface area contributed by atoms with Crippen LogP contribution >= 0.6 is 0 Å². The third-order valence-electron chi connectivity index (χ3n) is 5.24. The van der Waals surface area contributed by atoms with Gasteiger partial charge in [-0.1, -0.05) is 32.9 Å². The number of sulfonamides is 1. The monoisotopic (exact) mass is 457 g/mol. The summed E-state index contributed by atoms with van der Waals surface area (Å²) in [5.41, 5.74) is 3.10. The Balaban J connectivity index is 1.82. The smallest absolute Gasteiger partial charge is 0.270 e. The fourth-order valence-electron chi connectivity index (χ4n) is 3.41. The molecule has 0 aliphatic rings. The van der Waals surface area contributed by atoms with Crippen LogP contribution < -0.4 is 10.0 Å². The Morgan fingerprint density at radius 2 is 1.78 bits per heavy atom. The number of amides is 1. The minimum Gasteiger partial charge on any atom is -0.344 e. The van der Waals surface area contributed by atoms with E-state index < -0.39 is 27.8 Å². The van der Waals surface area contributed by atoms with Gasteiger partial charge in [0.05, 0.1) is 23.5 Å². The molecular weight excluding hydrogens is 429 g/mol. The molecule has 1 unspecified atom stereocenters. The van der Waals surface area contributed by atoms with Crippen molar-refractivity contribution in [1.82, 2.24) is 10.3 Å². The number of aryl methyl sites for hydroxylation is 1. The molecule has 8 heteroatoms. The van der Waals surface area contributed by atoms with Crippen molar-refractivity contribution in [3.05, 3.63) is 70.7 Å². The molecule has 2 aromatic carbocycles. The van der Waals surface area contributed by atoms with Crippen LogP contribution in [0.4, 0.5) is 10.1 Å². The molecule has 1 aromatic heterocycles. The number of nitrogens with one attached hydrogen (secondary N) is 2. The van der Waals surface area contributed by atoms with E-state index in [0.29, 0.717) is 11.1 Å². The minimum atomic E-state index is -3.53. The zero-order chi connectivity index (χ0) is 23.8. The number of anilines is 1. The Hall–Kier alpha value is -3.00. The van der Waals surface area contributed by atoms with Crippen molar-refractivity contribution in [1.29, 1.82) is 0 Å². The third kappa shape index (κ3) is 5.43. The highest BCUT2D eigenvalue weighted by Gasteiger charge is 2.19. The average molecular weight is 458 g/mol. The molecule has 0 saturated heterocycles. The normalized spacial score (nSPS) is 13.1. The first-order valence-corrected chi connectivity index (χ1v) is 12.1. The SMILES string of the molecule is Cc1cc(C(C)NC(=O)c2ccc3cc(C(C)(C)C)ccc3n2)c(F)cc1NS(C)(=O)=O. The Kier molecular flexibility index (Phi) is 6.29. The Morgan fingerprint density at radius 3 is 2.41 bits per heavy atom. The summed E-state index contributed by atoms with van der Waals surface area (Å²) in [6.45, 7) is 9.73. The van der Waals surface area contributed by atoms with Crippen molar-refractivity contribution in [2.45, 2.75) is 46.1 Å². The molecular formula is C24H28FN3O3S. The molecule has 2 N–H and O–H groups in total. The van der Waals surface area contributed by atoms with Gasteiger partial charge in [0.1, 0.15) is 11.5 Å². The quantitative estimate of drug-likeness (QED) is 0.574. The van der Waals surface area contributed by atoms with Gasteiger partial charge in [-0.25, -0.2) is 17.8 Å². The first kappa shape index (κ1) is 23.7. The molecule has 3 aromatic rings. The summed E-state index contributed by atoms with van der Waals surface area (Å²) < 4.78 is 39.8. The number of aromatic nitrogens is 1. The summed E-state index contributed by atoms with van der Waals surface area (Å²) >= 11 is 0. The molecule has 0 aliphatic heterocycles. The molecule has 0 radical (unpaired) electrons. The lowest BCUT2D eigenvalue weighted by Gasteiger charge is -2.19. The van der Waals surface area contributed by atoms with Crippen LogP contribution in [0.5, 0.6) is 0 Å². The van der Waals surface area contributed by atoms with Crippen molar-refractivity contribution in [3.63, 3.8) is 0 Å². The lowest BCUT2D eigenvalue weighted by atomic mass is 9.86. The summed E-state index contributed by atoms with van der Waals surface area (Å²) in [7, 11) is -3.53. The second kappa shape index (κ2) is 8.50. The van der Waals surface area contributed by atoms with E-state index in [1.807, 2.05) is 18.2 Å². The summed E-state index contributed by atoms with van der Waals surface area (Å²) in [4.78, 5) is 17.2. The molecule has 3 rings (SSSR count). The number of rotatable bonds is 5. The fraction of sp³-hybridized carbons (Fsp3) is 0.333. The van der Waals surface area contributed by atoms with Gasteiger partial charge < -0.3 is 5.32 Å². The molecule has 1 atom stereocenters. The van der Waals surface area contributed by atoms with Crippen LogP contribution in [-0.2, 0) is 15.4 Å². The van der Waals surface area contributed by atoms with Crippen LogP contribution in [0.15, 0.2) is 42.5 Å². The Morgan fingerprint density at radius 1 is 1.09 bits per heavy atom. The van der Waals surface area contributed by atoms with Gasteiger partial charge in [0.15, 0.2) is 0 Å². The van der Waals surface area contributed by atoms with Crippen LogP contribution in [0.1, 0.15) is 60.9 Å². The van der Waals surface area contributed by atoms with Gasteiger partial charge >= 0.3 is 0 Å². The van der Waals surface area contributed by atoms with Crippen molar-refractivity contribution < 1.29 is 17.6 Å². The van der Waals surface area contributed by atoms with E-state index in [9.17, 15) is 17.6 Å². The van der Waals surface area contributed by atoms with E-state index in [1.165, 1.54) is 11.6 Å². The lowest BCUT2D eigenvalue weighted by molar-refractivity contribution is 0.0934. The zero-order valence-electron chi connectivity index (χ0n) is 19.1. The van der Waals surface area contributed by atoms with Crippen LogP contribution in [0.3, 0.4) is 0 Å². The lowest BCUT2D eigenvalue weighted by Crippen LogP contribution is -2.28. The van der Waals surface area contributed by atoms with Crippen molar-refractivity contribution in [3.8, 4) is 0 Å².